The highest BCUT2D eigenvalue weighted by Crippen LogP contribution is 1.97. The molecule has 0 spiro atoms. The van der Waals surface area contributed by atoms with Gasteiger partial charge < -0.3 is 15.0 Å². The van der Waals surface area contributed by atoms with Crippen molar-refractivity contribution in [2.75, 3.05) is 26.2 Å². The van der Waals surface area contributed by atoms with Gasteiger partial charge in [0.15, 0.2) is 6.54 Å². The first-order valence-electron chi connectivity index (χ1n) is 6.93. The molecule has 1 aliphatic heterocycles. The lowest BCUT2D eigenvalue weighted by Gasteiger charge is -2.31. The van der Waals surface area contributed by atoms with Crippen LogP contribution in [0.1, 0.15) is 27.7 Å². The van der Waals surface area contributed by atoms with Crippen molar-refractivity contribution >= 4 is 11.9 Å². The smallest absolute Gasteiger partial charge is 0.321 e. The van der Waals surface area contributed by atoms with E-state index >= 15 is 0 Å². The molecule has 3 N–H and O–H groups in total. The molecule has 0 unspecified atom stereocenters. The van der Waals surface area contributed by atoms with Crippen LogP contribution >= 0.6 is 0 Å². The standard InChI is InChI=1S/C13H25N3O3/c1-9(2)5-14-13(18)15-12(17)8-16-6-10(3)19-11(4)7-16/h9-11H,5-8H2,1-4H3,(H2,14,15,17,18)/p+1/t10-,11-/m1/s1. The minimum Gasteiger partial charge on any atom is -0.364 e. The zero-order chi connectivity index (χ0) is 14.4. The van der Waals surface area contributed by atoms with Gasteiger partial charge in [-0.15, -0.1) is 0 Å². The maximum absolute atomic E-state index is 11.7. The Morgan fingerprint density at radius 3 is 2.37 bits per heavy atom. The van der Waals surface area contributed by atoms with Crippen LogP contribution < -0.4 is 15.5 Å². The first kappa shape index (κ1) is 15.9. The third-order valence-electron chi connectivity index (χ3n) is 2.95. The van der Waals surface area contributed by atoms with E-state index in [0.29, 0.717) is 19.0 Å². The van der Waals surface area contributed by atoms with E-state index in [1.54, 1.807) is 0 Å². The largest absolute Gasteiger partial charge is 0.364 e. The topological polar surface area (TPSA) is 71.9 Å². The second kappa shape index (κ2) is 7.45. The molecule has 0 bridgehead atoms. The SMILES string of the molecule is CC(C)CNC(=O)NC(=O)C[NH+]1C[C@@H](C)O[C@H](C)C1. The van der Waals surface area contributed by atoms with Gasteiger partial charge in [0.2, 0.25) is 0 Å². The van der Waals surface area contributed by atoms with Gasteiger partial charge in [-0.05, 0) is 19.8 Å². The van der Waals surface area contributed by atoms with Crippen LogP contribution in [0.3, 0.4) is 0 Å². The highest BCUT2D eigenvalue weighted by atomic mass is 16.5. The highest BCUT2D eigenvalue weighted by Gasteiger charge is 2.27. The number of hydrogen-bond donors (Lipinski definition) is 3. The quantitative estimate of drug-likeness (QED) is 0.625. The summed E-state index contributed by atoms with van der Waals surface area (Å²) in [6.45, 7) is 10.5. The molecule has 6 nitrogen and oxygen atoms in total. The summed E-state index contributed by atoms with van der Waals surface area (Å²) in [5.74, 6) is 0.130. The van der Waals surface area contributed by atoms with Crippen molar-refractivity contribution in [2.45, 2.75) is 39.9 Å². The Morgan fingerprint density at radius 2 is 1.84 bits per heavy atom. The lowest BCUT2D eigenvalue weighted by atomic mass is 10.2. The Hall–Kier alpha value is -1.14. The van der Waals surface area contributed by atoms with Gasteiger partial charge in [-0.25, -0.2) is 4.79 Å². The Kier molecular flexibility index (Phi) is 6.24. The number of ether oxygens (including phenoxy) is 1. The fourth-order valence-corrected chi connectivity index (χ4v) is 2.27. The molecule has 19 heavy (non-hydrogen) atoms. The van der Waals surface area contributed by atoms with Crippen LogP contribution in [-0.4, -0.2) is 50.3 Å². The number of amides is 3. The number of urea groups is 1. The molecule has 0 radical (unpaired) electrons. The maximum Gasteiger partial charge on any atom is 0.321 e. The molecule has 3 amide bonds. The Labute approximate surface area is 114 Å². The van der Waals surface area contributed by atoms with Crippen molar-refractivity contribution in [3.05, 3.63) is 0 Å². The molecule has 0 aromatic heterocycles. The zero-order valence-electron chi connectivity index (χ0n) is 12.3. The number of imide groups is 1. The predicted molar refractivity (Wildman–Crippen MR) is 72.0 cm³/mol. The number of carbonyl (C=O) groups is 2. The van der Waals surface area contributed by atoms with E-state index in [2.05, 4.69) is 10.6 Å². The number of carbonyl (C=O) groups excluding carboxylic acids is 2. The first-order valence-corrected chi connectivity index (χ1v) is 6.93. The average molecular weight is 272 g/mol. The summed E-state index contributed by atoms with van der Waals surface area (Å²) in [6, 6.07) is -0.410. The van der Waals surface area contributed by atoms with Gasteiger partial charge in [-0.2, -0.15) is 0 Å². The molecule has 0 saturated carbocycles. The van der Waals surface area contributed by atoms with Gasteiger partial charge in [-0.1, -0.05) is 13.8 Å². The molecular formula is C13H26N3O3+. The van der Waals surface area contributed by atoms with Crippen LogP contribution in [0.4, 0.5) is 4.79 Å². The molecule has 110 valence electrons. The van der Waals surface area contributed by atoms with E-state index in [9.17, 15) is 9.59 Å². The van der Waals surface area contributed by atoms with Crippen molar-refractivity contribution in [3.63, 3.8) is 0 Å². The number of hydrogen-bond acceptors (Lipinski definition) is 3. The van der Waals surface area contributed by atoms with Crippen molar-refractivity contribution in [1.29, 1.82) is 0 Å². The summed E-state index contributed by atoms with van der Waals surface area (Å²) in [7, 11) is 0. The van der Waals surface area contributed by atoms with Gasteiger partial charge in [0, 0.05) is 6.54 Å². The summed E-state index contributed by atoms with van der Waals surface area (Å²) in [5, 5.41) is 5.02. The fourth-order valence-electron chi connectivity index (χ4n) is 2.27. The van der Waals surface area contributed by atoms with Gasteiger partial charge >= 0.3 is 6.03 Å². The Balaban J connectivity index is 2.28. The molecule has 1 aliphatic rings. The third-order valence-corrected chi connectivity index (χ3v) is 2.95. The average Bonchev–Trinajstić information content (AvgIpc) is 2.24. The summed E-state index contributed by atoms with van der Waals surface area (Å²) < 4.78 is 5.61. The third kappa shape index (κ3) is 6.54. The number of morpholine rings is 1. The molecule has 0 aromatic carbocycles. The summed E-state index contributed by atoms with van der Waals surface area (Å²) in [6.07, 6.45) is 0.308. The van der Waals surface area contributed by atoms with Crippen molar-refractivity contribution in [1.82, 2.24) is 10.6 Å². The van der Waals surface area contributed by atoms with Gasteiger partial charge in [0.05, 0.1) is 0 Å². The van der Waals surface area contributed by atoms with Crippen LogP contribution in [0.5, 0.6) is 0 Å². The second-order valence-electron chi connectivity index (χ2n) is 5.74. The first-order chi connectivity index (χ1) is 8.86. The summed E-state index contributed by atoms with van der Waals surface area (Å²) >= 11 is 0. The lowest BCUT2D eigenvalue weighted by Crippen LogP contribution is -3.16. The van der Waals surface area contributed by atoms with E-state index in [4.69, 9.17) is 4.74 Å². The van der Waals surface area contributed by atoms with E-state index in [-0.39, 0.29) is 18.1 Å². The molecule has 0 aromatic rings. The highest BCUT2D eigenvalue weighted by molar-refractivity contribution is 5.94. The van der Waals surface area contributed by atoms with E-state index in [1.165, 1.54) is 0 Å². The summed E-state index contributed by atoms with van der Waals surface area (Å²) in [4.78, 5) is 24.4. The predicted octanol–water partition coefficient (Wildman–Crippen LogP) is -0.840. The van der Waals surface area contributed by atoms with Crippen LogP contribution in [0.25, 0.3) is 0 Å². The Morgan fingerprint density at radius 1 is 1.26 bits per heavy atom. The monoisotopic (exact) mass is 272 g/mol. The molecule has 1 saturated heterocycles. The van der Waals surface area contributed by atoms with Gasteiger partial charge in [0.25, 0.3) is 5.91 Å². The van der Waals surface area contributed by atoms with E-state index in [1.807, 2.05) is 27.7 Å². The van der Waals surface area contributed by atoms with E-state index < -0.39 is 6.03 Å². The Bertz CT molecular complexity index is 310. The minimum atomic E-state index is -0.410. The van der Waals surface area contributed by atoms with Crippen LogP contribution in [-0.2, 0) is 9.53 Å². The summed E-state index contributed by atoms with van der Waals surface area (Å²) in [5.41, 5.74) is 0. The van der Waals surface area contributed by atoms with Crippen LogP contribution in [0.15, 0.2) is 0 Å². The molecule has 1 heterocycles. The minimum absolute atomic E-state index is 0.154. The van der Waals surface area contributed by atoms with Gasteiger partial charge in [-0.3, -0.25) is 10.1 Å². The lowest BCUT2D eigenvalue weighted by molar-refractivity contribution is -0.907. The van der Waals surface area contributed by atoms with Gasteiger partial charge in [0.1, 0.15) is 25.3 Å². The van der Waals surface area contributed by atoms with Crippen LogP contribution in [0.2, 0.25) is 0 Å². The maximum atomic E-state index is 11.7. The van der Waals surface area contributed by atoms with E-state index in [0.717, 1.165) is 18.0 Å². The normalized spacial score (nSPS) is 27.1. The molecular weight excluding hydrogens is 246 g/mol. The zero-order valence-corrected chi connectivity index (χ0v) is 12.3. The molecule has 6 heteroatoms. The molecule has 2 atom stereocenters. The van der Waals surface area contributed by atoms with Crippen molar-refractivity contribution in [3.8, 4) is 0 Å². The number of nitrogens with one attached hydrogen (secondary N) is 3. The number of quaternary nitrogens is 1. The fraction of sp³-hybridized carbons (Fsp3) is 0.846. The second-order valence-corrected chi connectivity index (χ2v) is 5.74. The van der Waals surface area contributed by atoms with Crippen molar-refractivity contribution in [2.24, 2.45) is 5.92 Å². The molecule has 0 aliphatic carbocycles. The van der Waals surface area contributed by atoms with Crippen molar-refractivity contribution < 1.29 is 19.2 Å². The number of rotatable bonds is 4. The van der Waals surface area contributed by atoms with Crippen LogP contribution in [0, 0.1) is 5.92 Å². The molecule has 1 fully saturated rings. The molecule has 1 rings (SSSR count).